The number of anilines is 2. The Labute approximate surface area is 200 Å². The zero-order valence-corrected chi connectivity index (χ0v) is 20.1. The molecule has 2 aliphatic heterocycles. The molecular weight excluding hydrogens is 456 g/mol. The summed E-state index contributed by atoms with van der Waals surface area (Å²) < 4.78 is 0. The predicted molar refractivity (Wildman–Crippen MR) is 130 cm³/mol. The van der Waals surface area contributed by atoms with Crippen LogP contribution in [0.2, 0.25) is 0 Å². The molecular formula is C24H24N4O3S2. The third kappa shape index (κ3) is 4.30. The predicted octanol–water partition coefficient (Wildman–Crippen LogP) is 4.01. The van der Waals surface area contributed by atoms with Crippen molar-refractivity contribution in [3.8, 4) is 0 Å². The molecule has 2 aliphatic rings. The van der Waals surface area contributed by atoms with Crippen LogP contribution in [0, 0.1) is 19.8 Å². The first-order valence-corrected chi connectivity index (χ1v) is 12.6. The van der Waals surface area contributed by atoms with Gasteiger partial charge in [0.15, 0.2) is 5.13 Å². The highest BCUT2D eigenvalue weighted by Gasteiger charge is 2.38. The number of aryl methyl sites for hydroxylation is 2. The maximum atomic E-state index is 13.3. The zero-order chi connectivity index (χ0) is 23.1. The third-order valence-corrected chi connectivity index (χ3v) is 8.15. The SMILES string of the molecule is Cc1ccc(N2CC(C(=O)N3CCc4nc(NC(=O)c5cccs5)sc4C3)CC2=O)cc1C. The molecule has 0 spiro atoms. The number of hydrogen-bond donors (Lipinski definition) is 1. The Balaban J connectivity index is 1.25. The van der Waals surface area contributed by atoms with Crippen LogP contribution in [-0.4, -0.2) is 40.7 Å². The van der Waals surface area contributed by atoms with E-state index in [0.717, 1.165) is 21.8 Å². The smallest absolute Gasteiger partial charge is 0.267 e. The van der Waals surface area contributed by atoms with E-state index in [1.165, 1.54) is 28.2 Å². The van der Waals surface area contributed by atoms with E-state index >= 15 is 0 Å². The number of rotatable bonds is 4. The molecule has 1 fully saturated rings. The molecule has 1 atom stereocenters. The molecule has 170 valence electrons. The fraction of sp³-hybridized carbons (Fsp3) is 0.333. The van der Waals surface area contributed by atoms with Gasteiger partial charge in [0.05, 0.1) is 23.0 Å². The van der Waals surface area contributed by atoms with Crippen LogP contribution in [0.25, 0.3) is 0 Å². The summed E-state index contributed by atoms with van der Waals surface area (Å²) >= 11 is 2.80. The van der Waals surface area contributed by atoms with Crippen molar-refractivity contribution in [1.82, 2.24) is 9.88 Å². The van der Waals surface area contributed by atoms with Crippen LogP contribution in [0.5, 0.6) is 0 Å². The van der Waals surface area contributed by atoms with E-state index in [1.54, 1.807) is 11.0 Å². The summed E-state index contributed by atoms with van der Waals surface area (Å²) in [5, 5.41) is 5.28. The van der Waals surface area contributed by atoms with Gasteiger partial charge in [0.1, 0.15) is 0 Å². The van der Waals surface area contributed by atoms with E-state index in [1.807, 2.05) is 48.4 Å². The number of thiophene rings is 1. The highest BCUT2D eigenvalue weighted by atomic mass is 32.1. The monoisotopic (exact) mass is 480 g/mol. The molecule has 3 amide bonds. The topological polar surface area (TPSA) is 82.6 Å². The number of fused-ring (bicyclic) bond motifs is 1. The summed E-state index contributed by atoms with van der Waals surface area (Å²) in [5.74, 6) is -0.505. The lowest BCUT2D eigenvalue weighted by Crippen LogP contribution is -2.40. The molecule has 1 unspecified atom stereocenters. The molecule has 1 saturated heterocycles. The van der Waals surface area contributed by atoms with Crippen molar-refractivity contribution >= 4 is 51.2 Å². The lowest BCUT2D eigenvalue weighted by molar-refractivity contribution is -0.136. The Bertz CT molecular complexity index is 1230. The summed E-state index contributed by atoms with van der Waals surface area (Å²) in [5.41, 5.74) is 4.10. The molecule has 33 heavy (non-hydrogen) atoms. The van der Waals surface area contributed by atoms with Gasteiger partial charge in [0, 0.05) is 36.5 Å². The lowest BCUT2D eigenvalue weighted by Gasteiger charge is -2.28. The van der Waals surface area contributed by atoms with Crippen molar-refractivity contribution in [2.75, 3.05) is 23.3 Å². The summed E-state index contributed by atoms with van der Waals surface area (Å²) in [6, 6.07) is 9.58. The number of thiazole rings is 1. The average molecular weight is 481 g/mol. The van der Waals surface area contributed by atoms with Gasteiger partial charge in [-0.15, -0.1) is 11.3 Å². The van der Waals surface area contributed by atoms with E-state index in [0.29, 0.717) is 36.1 Å². The van der Waals surface area contributed by atoms with Crippen LogP contribution in [-0.2, 0) is 22.6 Å². The quantitative estimate of drug-likeness (QED) is 0.612. The first-order chi connectivity index (χ1) is 15.9. The molecule has 0 aliphatic carbocycles. The molecule has 9 heteroatoms. The van der Waals surface area contributed by atoms with Gasteiger partial charge in [-0.3, -0.25) is 19.7 Å². The molecule has 2 aromatic heterocycles. The van der Waals surface area contributed by atoms with Crippen molar-refractivity contribution in [2.45, 2.75) is 33.2 Å². The number of aromatic nitrogens is 1. The van der Waals surface area contributed by atoms with Crippen LogP contribution >= 0.6 is 22.7 Å². The number of carbonyl (C=O) groups is 3. The molecule has 5 rings (SSSR count). The van der Waals surface area contributed by atoms with Crippen LogP contribution in [0.1, 0.15) is 37.8 Å². The number of benzene rings is 1. The second-order valence-electron chi connectivity index (χ2n) is 8.50. The first-order valence-electron chi connectivity index (χ1n) is 10.9. The molecule has 1 N–H and O–H groups in total. The van der Waals surface area contributed by atoms with E-state index in [2.05, 4.69) is 10.3 Å². The fourth-order valence-corrected chi connectivity index (χ4v) is 5.92. The van der Waals surface area contributed by atoms with Crippen molar-refractivity contribution in [2.24, 2.45) is 5.92 Å². The molecule has 0 bridgehead atoms. The third-order valence-electron chi connectivity index (χ3n) is 6.28. The van der Waals surface area contributed by atoms with E-state index in [-0.39, 0.29) is 30.1 Å². The standard InChI is InChI=1S/C24H24N4O3S2/c1-14-5-6-17(10-15(14)2)28-12-16(11-21(28)29)23(31)27-8-7-18-20(13-27)33-24(25-18)26-22(30)19-4-3-9-32-19/h3-6,9-10,16H,7-8,11-13H2,1-2H3,(H,25,26,30). The second-order valence-corrected chi connectivity index (χ2v) is 10.5. The minimum absolute atomic E-state index is 0.00864. The minimum atomic E-state index is -0.341. The Morgan fingerprint density at radius 1 is 1.18 bits per heavy atom. The number of amides is 3. The molecule has 1 aromatic carbocycles. The largest absolute Gasteiger partial charge is 0.337 e. The van der Waals surface area contributed by atoms with E-state index in [9.17, 15) is 14.4 Å². The lowest BCUT2D eigenvalue weighted by atomic mass is 10.1. The fourth-order valence-electron chi connectivity index (χ4n) is 4.28. The van der Waals surface area contributed by atoms with Gasteiger partial charge < -0.3 is 9.80 Å². The summed E-state index contributed by atoms with van der Waals surface area (Å²) in [6.07, 6.45) is 0.883. The average Bonchev–Trinajstić information content (AvgIpc) is 3.54. The minimum Gasteiger partial charge on any atom is -0.337 e. The van der Waals surface area contributed by atoms with Gasteiger partial charge in [-0.25, -0.2) is 4.98 Å². The maximum absolute atomic E-state index is 13.3. The number of nitrogens with zero attached hydrogens (tertiary/aromatic N) is 3. The Morgan fingerprint density at radius 3 is 2.79 bits per heavy atom. The number of hydrogen-bond acceptors (Lipinski definition) is 6. The Morgan fingerprint density at radius 2 is 2.03 bits per heavy atom. The number of nitrogens with one attached hydrogen (secondary N) is 1. The van der Waals surface area contributed by atoms with Crippen LogP contribution < -0.4 is 10.2 Å². The van der Waals surface area contributed by atoms with Gasteiger partial charge in [-0.1, -0.05) is 23.5 Å². The van der Waals surface area contributed by atoms with Crippen molar-refractivity contribution in [3.63, 3.8) is 0 Å². The highest BCUT2D eigenvalue weighted by Crippen LogP contribution is 2.32. The summed E-state index contributed by atoms with van der Waals surface area (Å²) in [7, 11) is 0. The van der Waals surface area contributed by atoms with E-state index < -0.39 is 0 Å². The Hall–Kier alpha value is -3.04. The first kappa shape index (κ1) is 21.8. The second kappa shape index (κ2) is 8.72. The zero-order valence-electron chi connectivity index (χ0n) is 18.5. The van der Waals surface area contributed by atoms with Crippen LogP contribution in [0.4, 0.5) is 10.8 Å². The normalized spacial score (nSPS) is 17.9. The van der Waals surface area contributed by atoms with Crippen molar-refractivity contribution in [1.29, 1.82) is 0 Å². The maximum Gasteiger partial charge on any atom is 0.267 e. The van der Waals surface area contributed by atoms with Gasteiger partial charge >= 0.3 is 0 Å². The van der Waals surface area contributed by atoms with Gasteiger partial charge in [-0.05, 0) is 48.6 Å². The van der Waals surface area contributed by atoms with E-state index in [4.69, 9.17) is 0 Å². The van der Waals surface area contributed by atoms with Gasteiger partial charge in [0.2, 0.25) is 11.8 Å². The number of carbonyl (C=O) groups excluding carboxylic acids is 3. The molecule has 7 nitrogen and oxygen atoms in total. The van der Waals surface area contributed by atoms with Crippen LogP contribution in [0.3, 0.4) is 0 Å². The van der Waals surface area contributed by atoms with Crippen LogP contribution in [0.15, 0.2) is 35.7 Å². The van der Waals surface area contributed by atoms with Crippen molar-refractivity contribution in [3.05, 3.63) is 62.3 Å². The molecule has 3 aromatic rings. The molecule has 0 saturated carbocycles. The molecule has 0 radical (unpaired) electrons. The van der Waals surface area contributed by atoms with Gasteiger partial charge in [-0.2, -0.15) is 0 Å². The van der Waals surface area contributed by atoms with Gasteiger partial charge in [0.25, 0.3) is 5.91 Å². The highest BCUT2D eigenvalue weighted by molar-refractivity contribution is 7.16. The summed E-state index contributed by atoms with van der Waals surface area (Å²) in [6.45, 7) is 5.52. The molecule has 4 heterocycles. The summed E-state index contributed by atoms with van der Waals surface area (Å²) in [4.78, 5) is 48.0. The Kier molecular flexibility index (Phi) is 5.76. The van der Waals surface area contributed by atoms with Crippen molar-refractivity contribution < 1.29 is 14.4 Å².